The molecule has 0 aliphatic heterocycles. The molecule has 0 unspecified atom stereocenters. The summed E-state index contributed by atoms with van der Waals surface area (Å²) < 4.78 is 0. The Kier molecular flexibility index (Phi) is 3.37. The lowest BCUT2D eigenvalue weighted by atomic mass is 10.1. The van der Waals surface area contributed by atoms with Crippen LogP contribution in [0.5, 0.6) is 0 Å². The molecule has 3 nitrogen and oxygen atoms in total. The van der Waals surface area contributed by atoms with Gasteiger partial charge in [-0.3, -0.25) is 4.79 Å². The molecule has 0 bridgehead atoms. The molecule has 0 heterocycles. The third-order valence-corrected chi connectivity index (χ3v) is 1.60. The molecule has 2 N–H and O–H groups in total. The van der Waals surface area contributed by atoms with Gasteiger partial charge >= 0.3 is 0 Å². The van der Waals surface area contributed by atoms with Crippen LogP contribution >= 0.6 is 0 Å². The first-order chi connectivity index (χ1) is 6.24. The second-order valence-electron chi connectivity index (χ2n) is 2.54. The van der Waals surface area contributed by atoms with Crippen molar-refractivity contribution >= 4 is 12.4 Å². The highest BCUT2D eigenvalue weighted by Gasteiger charge is 1.99. The van der Waals surface area contributed by atoms with E-state index in [2.05, 4.69) is 0 Å². The van der Waals surface area contributed by atoms with Gasteiger partial charge in [0.15, 0.2) is 6.29 Å². The average molecular weight is 178 g/mol. The van der Waals surface area contributed by atoms with E-state index in [1.165, 1.54) is 6.08 Å². The monoisotopic (exact) mass is 178 g/mol. The molecule has 0 aliphatic carbocycles. The third kappa shape index (κ3) is 2.82. The standard InChI is InChI=1S/C10H10O3/c11-7-1-2-8-3-5-9(6-4-8)10(12)13/h1-7,10,12-13H. The van der Waals surface area contributed by atoms with Crippen LogP contribution in [0.25, 0.3) is 6.08 Å². The lowest BCUT2D eigenvalue weighted by molar-refractivity contribution is -0.104. The fourth-order valence-electron chi connectivity index (χ4n) is 0.930. The normalized spacial score (nSPS) is 11.0. The number of rotatable bonds is 3. The number of aliphatic hydroxyl groups is 2. The predicted octanol–water partition coefficient (Wildman–Crippen LogP) is 0.882. The molecule has 0 fully saturated rings. The summed E-state index contributed by atoms with van der Waals surface area (Å²) in [6.45, 7) is 0. The van der Waals surface area contributed by atoms with Crippen LogP contribution in [0.1, 0.15) is 17.4 Å². The average Bonchev–Trinajstić information content (AvgIpc) is 2.15. The van der Waals surface area contributed by atoms with E-state index in [0.717, 1.165) is 5.56 Å². The van der Waals surface area contributed by atoms with E-state index in [0.29, 0.717) is 11.8 Å². The van der Waals surface area contributed by atoms with Gasteiger partial charge in [-0.25, -0.2) is 0 Å². The van der Waals surface area contributed by atoms with E-state index >= 15 is 0 Å². The topological polar surface area (TPSA) is 57.5 Å². The second-order valence-corrected chi connectivity index (χ2v) is 2.54. The smallest absolute Gasteiger partial charge is 0.178 e. The van der Waals surface area contributed by atoms with Crippen LogP contribution in [0.15, 0.2) is 30.3 Å². The van der Waals surface area contributed by atoms with E-state index < -0.39 is 6.29 Å². The lowest BCUT2D eigenvalue weighted by Gasteiger charge is -2.02. The van der Waals surface area contributed by atoms with Crippen LogP contribution in [0.2, 0.25) is 0 Å². The number of hydrogen-bond donors (Lipinski definition) is 2. The fraction of sp³-hybridized carbons (Fsp3) is 0.100. The van der Waals surface area contributed by atoms with Crippen molar-refractivity contribution in [1.82, 2.24) is 0 Å². The van der Waals surface area contributed by atoms with Gasteiger partial charge < -0.3 is 10.2 Å². The van der Waals surface area contributed by atoms with E-state index in [9.17, 15) is 4.79 Å². The van der Waals surface area contributed by atoms with Crippen molar-refractivity contribution in [2.24, 2.45) is 0 Å². The molecule has 1 aromatic rings. The molecule has 0 saturated carbocycles. The summed E-state index contributed by atoms with van der Waals surface area (Å²) in [5.74, 6) is 0. The van der Waals surface area contributed by atoms with E-state index in [1.54, 1.807) is 30.3 Å². The maximum absolute atomic E-state index is 9.99. The minimum absolute atomic E-state index is 0.434. The summed E-state index contributed by atoms with van der Waals surface area (Å²) in [6, 6.07) is 6.59. The van der Waals surface area contributed by atoms with Gasteiger partial charge in [0.2, 0.25) is 0 Å². The quantitative estimate of drug-likeness (QED) is 0.410. The minimum atomic E-state index is -1.44. The Morgan fingerprint density at radius 2 is 1.77 bits per heavy atom. The Morgan fingerprint density at radius 3 is 2.23 bits per heavy atom. The molecule has 3 heteroatoms. The molecule has 0 atom stereocenters. The van der Waals surface area contributed by atoms with Crippen molar-refractivity contribution in [2.45, 2.75) is 6.29 Å². The van der Waals surface area contributed by atoms with Gasteiger partial charge in [-0.1, -0.05) is 30.3 Å². The molecule has 13 heavy (non-hydrogen) atoms. The zero-order valence-electron chi connectivity index (χ0n) is 6.92. The first kappa shape index (κ1) is 9.64. The van der Waals surface area contributed by atoms with E-state index in [4.69, 9.17) is 10.2 Å². The molecule has 0 saturated heterocycles. The van der Waals surface area contributed by atoms with E-state index in [1.807, 2.05) is 0 Å². The number of hydrogen-bond acceptors (Lipinski definition) is 3. The molecule has 68 valence electrons. The molecule has 0 aliphatic rings. The number of carbonyl (C=O) groups excluding carboxylic acids is 1. The van der Waals surface area contributed by atoms with Crippen LogP contribution in [-0.4, -0.2) is 16.5 Å². The number of allylic oxidation sites excluding steroid dienone is 1. The van der Waals surface area contributed by atoms with Gasteiger partial charge in [-0.2, -0.15) is 0 Å². The van der Waals surface area contributed by atoms with Crippen molar-refractivity contribution in [1.29, 1.82) is 0 Å². The maximum Gasteiger partial charge on any atom is 0.178 e. The Labute approximate surface area is 76.0 Å². The minimum Gasteiger partial charge on any atom is -0.364 e. The van der Waals surface area contributed by atoms with Crippen molar-refractivity contribution in [3.63, 3.8) is 0 Å². The second kappa shape index (κ2) is 4.54. The Morgan fingerprint density at radius 1 is 1.15 bits per heavy atom. The third-order valence-electron chi connectivity index (χ3n) is 1.60. The lowest BCUT2D eigenvalue weighted by Crippen LogP contribution is -1.93. The van der Waals surface area contributed by atoms with Gasteiger partial charge in [-0.05, 0) is 11.6 Å². The van der Waals surface area contributed by atoms with Crippen LogP contribution in [0.4, 0.5) is 0 Å². The summed E-state index contributed by atoms with van der Waals surface area (Å²) >= 11 is 0. The number of carbonyl (C=O) groups is 1. The zero-order chi connectivity index (χ0) is 9.68. The number of aldehydes is 1. The van der Waals surface area contributed by atoms with Crippen LogP contribution in [0.3, 0.4) is 0 Å². The Hall–Kier alpha value is -1.45. The molecule has 0 radical (unpaired) electrons. The van der Waals surface area contributed by atoms with Crippen molar-refractivity contribution in [2.75, 3.05) is 0 Å². The fourth-order valence-corrected chi connectivity index (χ4v) is 0.930. The van der Waals surface area contributed by atoms with Gasteiger partial charge in [0.1, 0.15) is 6.29 Å². The zero-order valence-corrected chi connectivity index (χ0v) is 6.92. The number of aliphatic hydroxyl groups excluding tert-OH is 1. The van der Waals surface area contributed by atoms with Gasteiger partial charge in [0.05, 0.1) is 0 Å². The van der Waals surface area contributed by atoms with Gasteiger partial charge in [-0.15, -0.1) is 0 Å². The highest BCUT2D eigenvalue weighted by atomic mass is 16.5. The molecule has 0 amide bonds. The largest absolute Gasteiger partial charge is 0.364 e. The summed E-state index contributed by atoms with van der Waals surface area (Å²) in [4.78, 5) is 9.99. The van der Waals surface area contributed by atoms with Crippen LogP contribution in [-0.2, 0) is 4.79 Å². The molecule has 1 rings (SSSR count). The van der Waals surface area contributed by atoms with E-state index in [-0.39, 0.29) is 0 Å². The van der Waals surface area contributed by atoms with Crippen LogP contribution < -0.4 is 0 Å². The first-order valence-electron chi connectivity index (χ1n) is 3.82. The van der Waals surface area contributed by atoms with Crippen molar-refractivity contribution in [3.05, 3.63) is 41.5 Å². The van der Waals surface area contributed by atoms with Crippen molar-refractivity contribution < 1.29 is 15.0 Å². The highest BCUT2D eigenvalue weighted by Crippen LogP contribution is 2.11. The summed E-state index contributed by atoms with van der Waals surface area (Å²) in [5.41, 5.74) is 1.28. The molecular formula is C10H10O3. The summed E-state index contributed by atoms with van der Waals surface area (Å²) in [6.07, 6.45) is 2.27. The van der Waals surface area contributed by atoms with Gasteiger partial charge in [0, 0.05) is 5.56 Å². The Balaban J connectivity index is 2.81. The summed E-state index contributed by atoms with van der Waals surface area (Å²) in [5, 5.41) is 17.5. The first-order valence-corrected chi connectivity index (χ1v) is 3.82. The van der Waals surface area contributed by atoms with Crippen LogP contribution in [0, 0.1) is 0 Å². The SMILES string of the molecule is O=CC=Cc1ccc(C(O)O)cc1. The van der Waals surface area contributed by atoms with Gasteiger partial charge in [0.25, 0.3) is 0 Å². The maximum atomic E-state index is 9.99. The number of benzene rings is 1. The predicted molar refractivity (Wildman–Crippen MR) is 48.7 cm³/mol. The summed E-state index contributed by atoms with van der Waals surface area (Å²) in [7, 11) is 0. The molecule has 1 aromatic carbocycles. The Bertz CT molecular complexity index is 298. The highest BCUT2D eigenvalue weighted by molar-refractivity contribution is 5.73. The molecule has 0 aromatic heterocycles. The molecule has 0 spiro atoms. The molecular weight excluding hydrogens is 168 g/mol. The van der Waals surface area contributed by atoms with Crippen molar-refractivity contribution in [3.8, 4) is 0 Å².